The fourth-order valence-electron chi connectivity index (χ4n) is 1.87. The van der Waals surface area contributed by atoms with Crippen LogP contribution in [-0.4, -0.2) is 18.6 Å². The van der Waals surface area contributed by atoms with Crippen LogP contribution in [0.4, 0.5) is 10.2 Å². The van der Waals surface area contributed by atoms with Gasteiger partial charge in [-0.25, -0.2) is 12.8 Å². The molecule has 2 rings (SSSR count). The van der Waals surface area contributed by atoms with Gasteiger partial charge in [0, 0.05) is 6.20 Å². The molecular formula is C12H12FN3O2S. The molecule has 0 fully saturated rings. The highest BCUT2D eigenvalue weighted by Gasteiger charge is 2.21. The topological polar surface area (TPSA) is 72.0 Å². The van der Waals surface area contributed by atoms with E-state index in [1.807, 2.05) is 0 Å². The first-order chi connectivity index (χ1) is 8.90. The molecule has 5 nitrogen and oxygen atoms in total. The van der Waals surface area contributed by atoms with Crippen LogP contribution in [0.3, 0.4) is 0 Å². The maximum Gasteiger partial charge on any atom is 0.263 e. The van der Waals surface area contributed by atoms with Gasteiger partial charge in [-0.05, 0) is 49.2 Å². The second kappa shape index (κ2) is 4.93. The number of benzene rings is 1. The molecule has 2 aromatic rings. The highest BCUT2D eigenvalue weighted by atomic mass is 32.2. The second-order valence-electron chi connectivity index (χ2n) is 4.08. The number of nitrogens with one attached hydrogen (secondary N) is 1. The fourth-order valence-corrected chi connectivity index (χ4v) is 3.32. The number of aryl methyl sites for hydroxylation is 2. The smallest absolute Gasteiger partial charge is 0.262 e. The quantitative estimate of drug-likeness (QED) is 0.934. The van der Waals surface area contributed by atoms with Gasteiger partial charge in [0.25, 0.3) is 10.0 Å². The van der Waals surface area contributed by atoms with Crippen LogP contribution in [0.5, 0.6) is 0 Å². The molecule has 0 aliphatic carbocycles. The largest absolute Gasteiger partial charge is 0.263 e. The standard InChI is InChI=1S/C12H12FN3O2S/c1-8-6-10(13)7-9(2)12(8)19(17,18)16-11-4-3-5-14-15-11/h3-7H,1-2H3,(H,15,16). The highest BCUT2D eigenvalue weighted by molar-refractivity contribution is 7.92. The summed E-state index contributed by atoms with van der Waals surface area (Å²) in [7, 11) is -3.81. The van der Waals surface area contributed by atoms with Crippen LogP contribution in [-0.2, 0) is 10.0 Å². The molecule has 0 atom stereocenters. The minimum Gasteiger partial charge on any atom is -0.262 e. The van der Waals surface area contributed by atoms with Gasteiger partial charge >= 0.3 is 0 Å². The Bertz CT molecular complexity index is 679. The molecule has 0 amide bonds. The number of anilines is 1. The van der Waals surface area contributed by atoms with E-state index >= 15 is 0 Å². The van der Waals surface area contributed by atoms with E-state index in [-0.39, 0.29) is 10.7 Å². The SMILES string of the molecule is Cc1cc(F)cc(C)c1S(=O)(=O)Nc1cccnn1. The van der Waals surface area contributed by atoms with Crippen LogP contribution >= 0.6 is 0 Å². The van der Waals surface area contributed by atoms with Crippen molar-refractivity contribution in [1.82, 2.24) is 10.2 Å². The first kappa shape index (κ1) is 13.4. The number of hydrogen-bond donors (Lipinski definition) is 1. The zero-order valence-corrected chi connectivity index (χ0v) is 11.2. The summed E-state index contributed by atoms with van der Waals surface area (Å²) >= 11 is 0. The molecule has 1 aromatic carbocycles. The summed E-state index contributed by atoms with van der Waals surface area (Å²) in [6.45, 7) is 3.09. The Morgan fingerprint density at radius 2 is 1.84 bits per heavy atom. The molecule has 0 aliphatic heterocycles. The number of halogens is 1. The van der Waals surface area contributed by atoms with Gasteiger partial charge in [-0.2, -0.15) is 5.10 Å². The molecular weight excluding hydrogens is 269 g/mol. The molecule has 0 bridgehead atoms. The summed E-state index contributed by atoms with van der Waals surface area (Å²) in [6.07, 6.45) is 1.44. The summed E-state index contributed by atoms with van der Waals surface area (Å²) in [6, 6.07) is 5.41. The lowest BCUT2D eigenvalue weighted by atomic mass is 10.1. The van der Waals surface area contributed by atoms with Gasteiger partial charge in [0.15, 0.2) is 5.82 Å². The summed E-state index contributed by atoms with van der Waals surface area (Å²) in [5, 5.41) is 7.24. The Morgan fingerprint density at radius 1 is 1.21 bits per heavy atom. The zero-order chi connectivity index (χ0) is 14.0. The van der Waals surface area contributed by atoms with Crippen molar-refractivity contribution in [2.75, 3.05) is 4.72 Å². The minimum atomic E-state index is -3.81. The van der Waals surface area contributed by atoms with E-state index in [0.717, 1.165) is 0 Å². The third kappa shape index (κ3) is 2.87. The Morgan fingerprint density at radius 3 is 2.37 bits per heavy atom. The normalized spacial score (nSPS) is 11.3. The van der Waals surface area contributed by atoms with Crippen LogP contribution in [0, 0.1) is 19.7 Å². The summed E-state index contributed by atoms with van der Waals surface area (Å²) < 4.78 is 40.0. The lowest BCUT2D eigenvalue weighted by Gasteiger charge is -2.12. The van der Waals surface area contributed by atoms with Gasteiger partial charge in [-0.3, -0.25) is 4.72 Å². The van der Waals surface area contributed by atoms with Gasteiger partial charge in [0.2, 0.25) is 0 Å². The van der Waals surface area contributed by atoms with Crippen molar-refractivity contribution in [3.8, 4) is 0 Å². The van der Waals surface area contributed by atoms with Gasteiger partial charge in [0.05, 0.1) is 4.90 Å². The van der Waals surface area contributed by atoms with Crippen LogP contribution in [0.25, 0.3) is 0 Å². The van der Waals surface area contributed by atoms with Crippen LogP contribution in [0.1, 0.15) is 11.1 Å². The molecule has 0 radical (unpaired) electrons. The number of aromatic nitrogens is 2. The molecule has 1 heterocycles. The summed E-state index contributed by atoms with van der Waals surface area (Å²) in [4.78, 5) is 0.0551. The number of sulfonamides is 1. The first-order valence-corrected chi connectivity index (χ1v) is 6.96. The van der Waals surface area contributed by atoms with E-state index in [1.165, 1.54) is 24.4 Å². The molecule has 19 heavy (non-hydrogen) atoms. The van der Waals surface area contributed by atoms with E-state index < -0.39 is 15.8 Å². The average molecular weight is 281 g/mol. The van der Waals surface area contributed by atoms with Crippen molar-refractivity contribution in [1.29, 1.82) is 0 Å². The molecule has 1 aromatic heterocycles. The molecule has 7 heteroatoms. The molecule has 1 N–H and O–H groups in total. The van der Waals surface area contributed by atoms with Crippen molar-refractivity contribution < 1.29 is 12.8 Å². The Labute approximate surface area is 110 Å². The lowest BCUT2D eigenvalue weighted by molar-refractivity contribution is 0.597. The maximum atomic E-state index is 13.2. The number of hydrogen-bond acceptors (Lipinski definition) is 4. The molecule has 0 spiro atoms. The van der Waals surface area contributed by atoms with Crippen molar-refractivity contribution in [2.45, 2.75) is 18.7 Å². The van der Waals surface area contributed by atoms with Crippen molar-refractivity contribution in [2.24, 2.45) is 0 Å². The second-order valence-corrected chi connectivity index (χ2v) is 5.70. The zero-order valence-electron chi connectivity index (χ0n) is 10.4. The van der Waals surface area contributed by atoms with E-state index in [0.29, 0.717) is 11.1 Å². The monoisotopic (exact) mass is 281 g/mol. The van der Waals surface area contributed by atoms with E-state index in [1.54, 1.807) is 19.9 Å². The maximum absolute atomic E-state index is 13.2. The predicted octanol–water partition coefficient (Wildman–Crippen LogP) is 2.03. The fraction of sp³-hybridized carbons (Fsp3) is 0.167. The third-order valence-corrected chi connectivity index (χ3v) is 4.16. The molecule has 0 saturated carbocycles. The summed E-state index contributed by atoms with van der Waals surface area (Å²) in [5.74, 6) is -0.348. The Balaban J connectivity index is 2.46. The molecule has 0 unspecified atom stereocenters. The van der Waals surface area contributed by atoms with Crippen molar-refractivity contribution in [3.63, 3.8) is 0 Å². The Hall–Kier alpha value is -2.02. The number of rotatable bonds is 3. The highest BCUT2D eigenvalue weighted by Crippen LogP contribution is 2.23. The first-order valence-electron chi connectivity index (χ1n) is 5.47. The molecule has 0 saturated heterocycles. The average Bonchev–Trinajstić information content (AvgIpc) is 2.27. The minimum absolute atomic E-state index is 0.0551. The van der Waals surface area contributed by atoms with Gasteiger partial charge in [0.1, 0.15) is 5.82 Å². The summed E-state index contributed by atoms with van der Waals surface area (Å²) in [5.41, 5.74) is 0.683. The van der Waals surface area contributed by atoms with Crippen LogP contribution in [0.2, 0.25) is 0 Å². The van der Waals surface area contributed by atoms with Gasteiger partial charge < -0.3 is 0 Å². The van der Waals surface area contributed by atoms with E-state index in [4.69, 9.17) is 0 Å². The van der Waals surface area contributed by atoms with Crippen molar-refractivity contribution in [3.05, 3.63) is 47.4 Å². The van der Waals surface area contributed by atoms with Crippen LogP contribution < -0.4 is 4.72 Å². The van der Waals surface area contributed by atoms with Gasteiger partial charge in [-0.15, -0.1) is 5.10 Å². The van der Waals surface area contributed by atoms with Crippen molar-refractivity contribution >= 4 is 15.8 Å². The van der Waals surface area contributed by atoms with Gasteiger partial charge in [-0.1, -0.05) is 0 Å². The lowest BCUT2D eigenvalue weighted by Crippen LogP contribution is -2.17. The van der Waals surface area contributed by atoms with Crippen LogP contribution in [0.15, 0.2) is 35.4 Å². The molecule has 100 valence electrons. The van der Waals surface area contributed by atoms with E-state index in [2.05, 4.69) is 14.9 Å². The third-order valence-electron chi connectivity index (χ3n) is 2.51. The molecule has 0 aliphatic rings. The number of nitrogens with zero attached hydrogens (tertiary/aromatic N) is 2. The Kier molecular flexibility index (Phi) is 3.48. The van der Waals surface area contributed by atoms with E-state index in [9.17, 15) is 12.8 Å². The predicted molar refractivity (Wildman–Crippen MR) is 68.7 cm³/mol.